The lowest BCUT2D eigenvalue weighted by atomic mass is 10.0. The highest BCUT2D eigenvalue weighted by molar-refractivity contribution is 6.00. The van der Waals surface area contributed by atoms with Gasteiger partial charge in [-0.05, 0) is 36.1 Å². The normalized spacial score (nSPS) is 30.9. The first-order valence-corrected chi connectivity index (χ1v) is 9.90. The third-order valence-corrected chi connectivity index (χ3v) is 5.79. The third kappa shape index (κ3) is 3.04. The fourth-order valence-corrected chi connectivity index (χ4v) is 4.58. The molecular formula is C20H28FN5O2. The van der Waals surface area contributed by atoms with Crippen LogP contribution in [0.3, 0.4) is 0 Å². The Balaban J connectivity index is 1.67. The zero-order valence-electron chi connectivity index (χ0n) is 16.8. The summed E-state index contributed by atoms with van der Waals surface area (Å²) in [6.45, 7) is 8.12. The molecule has 1 N–H and O–H groups in total. The molecule has 4 atom stereocenters. The van der Waals surface area contributed by atoms with E-state index in [-0.39, 0.29) is 36.1 Å². The summed E-state index contributed by atoms with van der Waals surface area (Å²) >= 11 is 0. The Morgan fingerprint density at radius 2 is 1.86 bits per heavy atom. The number of hydrogen-bond acceptors (Lipinski definition) is 5. The highest BCUT2D eigenvalue weighted by Crippen LogP contribution is 2.34. The molecule has 152 valence electrons. The largest absolute Gasteiger partial charge is 0.343 e. The van der Waals surface area contributed by atoms with E-state index in [9.17, 15) is 14.0 Å². The molecule has 3 aliphatic rings. The first-order valence-electron chi connectivity index (χ1n) is 9.90. The van der Waals surface area contributed by atoms with E-state index in [2.05, 4.69) is 22.0 Å². The Kier molecular flexibility index (Phi) is 4.79. The van der Waals surface area contributed by atoms with Crippen LogP contribution in [0.15, 0.2) is 24.3 Å². The van der Waals surface area contributed by atoms with Crippen molar-refractivity contribution in [1.29, 1.82) is 0 Å². The molecule has 7 nitrogen and oxygen atoms in total. The molecule has 0 radical (unpaired) electrons. The van der Waals surface area contributed by atoms with Gasteiger partial charge in [-0.3, -0.25) is 19.9 Å². The Morgan fingerprint density at radius 1 is 1.18 bits per heavy atom. The van der Waals surface area contributed by atoms with Crippen LogP contribution in [-0.4, -0.2) is 71.8 Å². The summed E-state index contributed by atoms with van der Waals surface area (Å²) in [4.78, 5) is 33.4. The summed E-state index contributed by atoms with van der Waals surface area (Å²) in [6.07, 6.45) is -0.587. The molecule has 1 aromatic carbocycles. The zero-order valence-corrected chi connectivity index (χ0v) is 16.8. The number of fused-ring (bicyclic) bond motifs is 3. The third-order valence-electron chi connectivity index (χ3n) is 5.79. The molecule has 0 bridgehead atoms. The van der Waals surface area contributed by atoms with Crippen LogP contribution < -0.4 is 10.2 Å². The van der Waals surface area contributed by atoms with Crippen LogP contribution in [-0.2, 0) is 4.79 Å². The van der Waals surface area contributed by atoms with Gasteiger partial charge in [-0.15, -0.1) is 0 Å². The maximum Gasteiger partial charge on any atom is 0.327 e. The van der Waals surface area contributed by atoms with Crippen LogP contribution in [0, 0.1) is 17.7 Å². The standard InChI is InChI=1S/C20H28FN5O2/c1-12(2)9-26-18(27)16-17(23(4)20(26)28)22-19-24(10-13(3)11-25(16)19)15-7-5-14(21)6-8-15/h5-8,12-13,16-17,19,22H,9-11H2,1-4H3. The number of likely N-dealkylation sites (N-methyl/N-ethyl adjacent to an activating group) is 1. The molecule has 3 amide bonds. The van der Waals surface area contributed by atoms with E-state index in [1.807, 2.05) is 13.8 Å². The average Bonchev–Trinajstić information content (AvgIpc) is 3.03. The van der Waals surface area contributed by atoms with Gasteiger partial charge in [0.05, 0.1) is 0 Å². The first kappa shape index (κ1) is 19.1. The van der Waals surface area contributed by atoms with Crippen LogP contribution in [0.2, 0.25) is 0 Å². The SMILES string of the molecule is CC(C)CN1C(=O)C2C(NC3N(c4ccc(F)cc4)CC(C)CN23)N(C)C1=O. The average molecular weight is 389 g/mol. The molecule has 8 heteroatoms. The van der Waals surface area contributed by atoms with Gasteiger partial charge in [0.2, 0.25) is 0 Å². The Bertz CT molecular complexity index is 770. The maximum absolute atomic E-state index is 13.4. The lowest BCUT2D eigenvalue weighted by molar-refractivity contribution is -0.139. The number of halogens is 1. The molecule has 3 fully saturated rings. The van der Waals surface area contributed by atoms with Crippen molar-refractivity contribution < 1.29 is 14.0 Å². The zero-order chi connectivity index (χ0) is 20.2. The van der Waals surface area contributed by atoms with Gasteiger partial charge in [0.25, 0.3) is 5.91 Å². The van der Waals surface area contributed by atoms with Gasteiger partial charge in [0, 0.05) is 32.4 Å². The molecule has 3 saturated heterocycles. The number of imide groups is 1. The van der Waals surface area contributed by atoms with Crippen LogP contribution in [0.4, 0.5) is 14.9 Å². The molecule has 0 aromatic heterocycles. The van der Waals surface area contributed by atoms with E-state index in [1.54, 1.807) is 24.1 Å². The second kappa shape index (κ2) is 7.00. The number of nitrogens with zero attached hydrogens (tertiary/aromatic N) is 4. The van der Waals surface area contributed by atoms with Crippen LogP contribution in [0.1, 0.15) is 20.8 Å². The molecular weight excluding hydrogens is 361 g/mol. The fraction of sp³-hybridized carbons (Fsp3) is 0.600. The number of benzene rings is 1. The van der Waals surface area contributed by atoms with Gasteiger partial charge in [0.15, 0.2) is 0 Å². The fourth-order valence-electron chi connectivity index (χ4n) is 4.58. The molecule has 28 heavy (non-hydrogen) atoms. The van der Waals surface area contributed by atoms with Gasteiger partial charge < -0.3 is 9.80 Å². The molecule has 0 aliphatic carbocycles. The number of carbonyl (C=O) groups excluding carboxylic acids is 2. The molecule has 3 heterocycles. The molecule has 4 rings (SSSR count). The van der Waals surface area contributed by atoms with E-state index < -0.39 is 6.04 Å². The van der Waals surface area contributed by atoms with Crippen LogP contribution in [0.5, 0.6) is 0 Å². The van der Waals surface area contributed by atoms with Gasteiger partial charge in [-0.1, -0.05) is 20.8 Å². The minimum absolute atomic E-state index is 0.134. The Labute approximate surface area is 165 Å². The lowest BCUT2D eigenvalue weighted by Crippen LogP contribution is -2.67. The van der Waals surface area contributed by atoms with Crippen molar-refractivity contribution in [3.63, 3.8) is 0 Å². The minimum Gasteiger partial charge on any atom is -0.343 e. The second-order valence-electron chi connectivity index (χ2n) is 8.60. The van der Waals surface area contributed by atoms with Gasteiger partial charge in [0.1, 0.15) is 24.3 Å². The summed E-state index contributed by atoms with van der Waals surface area (Å²) in [7, 11) is 1.75. The van der Waals surface area contributed by atoms with Crippen molar-refractivity contribution in [2.75, 3.05) is 31.6 Å². The molecule has 0 spiro atoms. The highest BCUT2D eigenvalue weighted by Gasteiger charge is 2.56. The predicted molar refractivity (Wildman–Crippen MR) is 104 cm³/mol. The van der Waals surface area contributed by atoms with Gasteiger partial charge in [-0.25, -0.2) is 9.18 Å². The summed E-state index contributed by atoms with van der Waals surface area (Å²) in [5.41, 5.74) is 0.898. The van der Waals surface area contributed by atoms with Crippen molar-refractivity contribution in [3.8, 4) is 0 Å². The summed E-state index contributed by atoms with van der Waals surface area (Å²) in [5.74, 6) is 0.128. The lowest BCUT2D eigenvalue weighted by Gasteiger charge is -2.46. The monoisotopic (exact) mass is 389 g/mol. The topological polar surface area (TPSA) is 59.1 Å². The van der Waals surface area contributed by atoms with Crippen molar-refractivity contribution in [1.82, 2.24) is 20.0 Å². The Morgan fingerprint density at radius 3 is 2.50 bits per heavy atom. The summed E-state index contributed by atoms with van der Waals surface area (Å²) in [5, 5.41) is 3.48. The van der Waals surface area contributed by atoms with E-state index >= 15 is 0 Å². The van der Waals surface area contributed by atoms with Gasteiger partial charge in [-0.2, -0.15) is 0 Å². The van der Waals surface area contributed by atoms with Crippen molar-refractivity contribution in [3.05, 3.63) is 30.1 Å². The number of carbonyl (C=O) groups is 2. The number of rotatable bonds is 3. The predicted octanol–water partition coefficient (Wildman–Crippen LogP) is 1.72. The van der Waals surface area contributed by atoms with Gasteiger partial charge >= 0.3 is 6.03 Å². The van der Waals surface area contributed by atoms with E-state index in [0.29, 0.717) is 12.5 Å². The maximum atomic E-state index is 13.4. The minimum atomic E-state index is -0.419. The van der Waals surface area contributed by atoms with Crippen LogP contribution >= 0.6 is 0 Å². The quantitative estimate of drug-likeness (QED) is 0.853. The van der Waals surface area contributed by atoms with E-state index in [0.717, 1.165) is 18.8 Å². The van der Waals surface area contributed by atoms with Crippen molar-refractivity contribution >= 4 is 17.6 Å². The molecule has 4 unspecified atom stereocenters. The number of nitrogens with one attached hydrogen (secondary N) is 1. The number of hydrogen-bond donors (Lipinski definition) is 1. The Hall–Kier alpha value is -2.19. The number of urea groups is 1. The molecule has 1 aromatic rings. The molecule has 3 aliphatic heterocycles. The number of amides is 3. The van der Waals surface area contributed by atoms with E-state index in [4.69, 9.17) is 0 Å². The van der Waals surface area contributed by atoms with E-state index in [1.165, 1.54) is 17.0 Å². The van der Waals surface area contributed by atoms with Crippen molar-refractivity contribution in [2.45, 2.75) is 39.3 Å². The second-order valence-corrected chi connectivity index (χ2v) is 8.60. The first-order chi connectivity index (χ1) is 13.3. The summed E-state index contributed by atoms with van der Waals surface area (Å²) < 4.78 is 13.4. The van der Waals surface area contributed by atoms with Crippen molar-refractivity contribution in [2.24, 2.45) is 11.8 Å². The highest BCUT2D eigenvalue weighted by atomic mass is 19.1. The summed E-state index contributed by atoms with van der Waals surface area (Å²) in [6, 6.07) is 5.75. The molecule has 0 saturated carbocycles. The van der Waals surface area contributed by atoms with Crippen LogP contribution in [0.25, 0.3) is 0 Å². The smallest absolute Gasteiger partial charge is 0.327 e. The number of anilines is 1.